The fourth-order valence-corrected chi connectivity index (χ4v) is 4.61. The molecule has 2 aliphatic rings. The predicted octanol–water partition coefficient (Wildman–Crippen LogP) is 0.899. The Morgan fingerprint density at radius 2 is 2.00 bits per heavy atom. The molecule has 2 aromatic heterocycles. The van der Waals surface area contributed by atoms with Gasteiger partial charge in [0.05, 0.1) is 19.9 Å². The van der Waals surface area contributed by atoms with Crippen molar-refractivity contribution in [2.45, 2.75) is 12.1 Å². The first-order chi connectivity index (χ1) is 16.1. The number of benzene rings is 1. The molecule has 1 aromatic carbocycles. The molecule has 4 heterocycles. The molecular formula is C21H19N5O7S. The summed E-state index contributed by atoms with van der Waals surface area (Å²) in [5, 5.41) is 4.80. The predicted molar refractivity (Wildman–Crippen MR) is 119 cm³/mol. The van der Waals surface area contributed by atoms with Gasteiger partial charge in [-0.25, -0.2) is 18.2 Å². The number of rotatable bonds is 6. The first-order valence-corrected chi connectivity index (χ1v) is 12.0. The number of amides is 4. The van der Waals surface area contributed by atoms with Gasteiger partial charge in [0.1, 0.15) is 22.8 Å². The van der Waals surface area contributed by atoms with Gasteiger partial charge in [0, 0.05) is 18.2 Å². The molecule has 1 atom stereocenters. The lowest BCUT2D eigenvalue weighted by atomic mass is 9.95. The number of sulfonamides is 1. The average Bonchev–Trinajstić information content (AvgIpc) is 3.41. The molecule has 34 heavy (non-hydrogen) atoms. The van der Waals surface area contributed by atoms with Crippen molar-refractivity contribution in [3.05, 3.63) is 53.3 Å². The van der Waals surface area contributed by atoms with E-state index in [1.807, 2.05) is 0 Å². The minimum absolute atomic E-state index is 0.0520. The van der Waals surface area contributed by atoms with Crippen LogP contribution in [0.5, 0.6) is 5.75 Å². The third kappa shape index (κ3) is 3.59. The number of furan rings is 1. The molecule has 12 nitrogen and oxygen atoms in total. The molecule has 3 aromatic rings. The minimum Gasteiger partial charge on any atom is -0.497 e. The van der Waals surface area contributed by atoms with Crippen LogP contribution in [0.2, 0.25) is 0 Å². The lowest BCUT2D eigenvalue weighted by Gasteiger charge is -2.28. The molecule has 176 valence electrons. The first kappa shape index (κ1) is 21.7. The molecule has 2 aliphatic heterocycles. The summed E-state index contributed by atoms with van der Waals surface area (Å²) in [7, 11) is -2.05. The highest BCUT2D eigenvalue weighted by atomic mass is 32.2. The molecule has 0 radical (unpaired) electrons. The number of pyridine rings is 1. The SMILES string of the molecule is COc1ccc2c(c1)C(=O)N(C[C@@]1(c3cc4nc(NS(C)(=O)=O)ccc4o3)NC(=O)NC1=O)C2. The van der Waals surface area contributed by atoms with Crippen molar-refractivity contribution in [1.29, 1.82) is 0 Å². The van der Waals surface area contributed by atoms with Gasteiger partial charge < -0.3 is 19.4 Å². The van der Waals surface area contributed by atoms with E-state index in [0.717, 1.165) is 11.8 Å². The smallest absolute Gasteiger partial charge is 0.322 e. The van der Waals surface area contributed by atoms with E-state index in [-0.39, 0.29) is 41.7 Å². The number of urea groups is 1. The van der Waals surface area contributed by atoms with E-state index in [2.05, 4.69) is 20.3 Å². The van der Waals surface area contributed by atoms with Crippen molar-refractivity contribution in [3.8, 4) is 5.75 Å². The van der Waals surface area contributed by atoms with Gasteiger partial charge >= 0.3 is 6.03 Å². The second-order valence-electron chi connectivity index (χ2n) is 8.06. The molecule has 1 fully saturated rings. The number of hydrogen-bond donors (Lipinski definition) is 3. The van der Waals surface area contributed by atoms with E-state index in [9.17, 15) is 22.8 Å². The topological polar surface area (TPSA) is 160 Å². The summed E-state index contributed by atoms with van der Waals surface area (Å²) in [5.74, 6) is -0.368. The average molecular weight is 485 g/mol. The van der Waals surface area contributed by atoms with Gasteiger partial charge in [-0.3, -0.25) is 19.6 Å². The zero-order valence-electron chi connectivity index (χ0n) is 18.0. The number of anilines is 1. The second kappa shape index (κ2) is 7.45. The minimum atomic E-state index is -3.55. The molecular weight excluding hydrogens is 466 g/mol. The molecule has 0 saturated carbocycles. The van der Waals surface area contributed by atoms with Crippen LogP contribution in [0.4, 0.5) is 10.6 Å². The lowest BCUT2D eigenvalue weighted by molar-refractivity contribution is -0.125. The third-order valence-corrected chi connectivity index (χ3v) is 6.23. The maximum Gasteiger partial charge on any atom is 0.322 e. The molecule has 0 unspecified atom stereocenters. The van der Waals surface area contributed by atoms with E-state index < -0.39 is 27.5 Å². The van der Waals surface area contributed by atoms with Crippen LogP contribution in [0.3, 0.4) is 0 Å². The number of nitrogens with zero attached hydrogens (tertiary/aromatic N) is 2. The summed E-state index contributed by atoms with van der Waals surface area (Å²) in [6, 6.07) is 8.73. The molecule has 5 rings (SSSR count). The Hall–Kier alpha value is -4.13. The fourth-order valence-electron chi connectivity index (χ4n) is 4.12. The Kier molecular flexibility index (Phi) is 4.75. The highest BCUT2D eigenvalue weighted by Gasteiger charge is 2.53. The Balaban J connectivity index is 1.52. The van der Waals surface area contributed by atoms with E-state index in [1.165, 1.54) is 30.2 Å². The van der Waals surface area contributed by atoms with Gasteiger partial charge in [0.15, 0.2) is 11.1 Å². The Morgan fingerprint density at radius 3 is 2.68 bits per heavy atom. The van der Waals surface area contributed by atoms with Crippen LogP contribution in [0.1, 0.15) is 21.7 Å². The molecule has 3 N–H and O–H groups in total. The van der Waals surface area contributed by atoms with Crippen LogP contribution >= 0.6 is 0 Å². The Morgan fingerprint density at radius 1 is 1.21 bits per heavy atom. The molecule has 13 heteroatoms. The van der Waals surface area contributed by atoms with Crippen molar-refractivity contribution in [2.24, 2.45) is 0 Å². The summed E-state index contributed by atoms with van der Waals surface area (Å²) in [6.07, 6.45) is 0.994. The van der Waals surface area contributed by atoms with Crippen molar-refractivity contribution < 1.29 is 32.0 Å². The first-order valence-electron chi connectivity index (χ1n) is 10.1. The van der Waals surface area contributed by atoms with Gasteiger partial charge in [-0.1, -0.05) is 6.07 Å². The van der Waals surface area contributed by atoms with Crippen molar-refractivity contribution in [3.63, 3.8) is 0 Å². The number of carbonyl (C=O) groups excluding carboxylic acids is 3. The highest BCUT2D eigenvalue weighted by Crippen LogP contribution is 2.35. The van der Waals surface area contributed by atoms with Crippen LogP contribution in [-0.2, 0) is 26.9 Å². The standard InChI is InChI=1S/C21H19N5O7S/c1-32-12-4-3-11-9-26(18(27)13(11)7-12)10-21(19(28)23-20(29)24-21)16-8-14-15(33-16)5-6-17(22-14)25-34(2,30)31/h3-8H,9-10H2,1-2H3,(H,22,25)(H2,23,24,28,29)/t21-/m0/s1. The third-order valence-electron chi connectivity index (χ3n) is 5.65. The summed E-state index contributed by atoms with van der Waals surface area (Å²) >= 11 is 0. The van der Waals surface area contributed by atoms with Gasteiger partial charge in [-0.15, -0.1) is 0 Å². The van der Waals surface area contributed by atoms with Crippen molar-refractivity contribution in [2.75, 3.05) is 24.6 Å². The van der Waals surface area contributed by atoms with Crippen LogP contribution in [0.15, 0.2) is 40.8 Å². The molecule has 0 aliphatic carbocycles. The van der Waals surface area contributed by atoms with Gasteiger partial charge in [-0.2, -0.15) is 0 Å². The normalized spacial score (nSPS) is 19.8. The molecule has 1 saturated heterocycles. The monoisotopic (exact) mass is 485 g/mol. The van der Waals surface area contributed by atoms with Crippen LogP contribution in [-0.4, -0.2) is 56.1 Å². The second-order valence-corrected chi connectivity index (χ2v) is 9.81. The van der Waals surface area contributed by atoms with E-state index in [1.54, 1.807) is 18.2 Å². The van der Waals surface area contributed by atoms with E-state index in [4.69, 9.17) is 9.15 Å². The Bertz CT molecular complexity index is 1480. The molecule has 0 bridgehead atoms. The van der Waals surface area contributed by atoms with Gasteiger partial charge in [-0.05, 0) is 29.8 Å². The Labute approximate surface area is 193 Å². The molecule has 0 spiro atoms. The quantitative estimate of drug-likeness (QED) is 0.434. The van der Waals surface area contributed by atoms with E-state index in [0.29, 0.717) is 11.3 Å². The number of carbonyl (C=O) groups is 3. The number of hydrogen-bond acceptors (Lipinski definition) is 8. The number of ether oxygens (including phenoxy) is 1. The summed E-state index contributed by atoms with van der Waals surface area (Å²) in [4.78, 5) is 43.8. The maximum atomic E-state index is 13.1. The number of fused-ring (bicyclic) bond motifs is 2. The summed E-state index contributed by atoms with van der Waals surface area (Å²) < 4.78 is 36.3. The summed E-state index contributed by atoms with van der Waals surface area (Å²) in [5.41, 5.74) is 0.0283. The lowest BCUT2D eigenvalue weighted by Crippen LogP contribution is -2.52. The van der Waals surface area contributed by atoms with E-state index >= 15 is 0 Å². The van der Waals surface area contributed by atoms with Crippen LogP contribution in [0.25, 0.3) is 11.1 Å². The largest absolute Gasteiger partial charge is 0.497 e. The maximum absolute atomic E-state index is 13.1. The summed E-state index contributed by atoms with van der Waals surface area (Å²) in [6.45, 7) is 0.0264. The van der Waals surface area contributed by atoms with Crippen molar-refractivity contribution >= 4 is 44.8 Å². The molecule has 4 amide bonds. The van der Waals surface area contributed by atoms with Crippen LogP contribution < -0.4 is 20.1 Å². The number of nitrogens with one attached hydrogen (secondary N) is 3. The number of methoxy groups -OCH3 is 1. The zero-order chi connectivity index (χ0) is 24.3. The highest BCUT2D eigenvalue weighted by molar-refractivity contribution is 7.92. The number of aromatic nitrogens is 1. The van der Waals surface area contributed by atoms with Crippen molar-refractivity contribution in [1.82, 2.24) is 20.5 Å². The van der Waals surface area contributed by atoms with Gasteiger partial charge in [0.2, 0.25) is 10.0 Å². The van der Waals surface area contributed by atoms with Crippen LogP contribution in [0, 0.1) is 0 Å². The number of imide groups is 1. The van der Waals surface area contributed by atoms with Gasteiger partial charge in [0.25, 0.3) is 11.8 Å². The zero-order valence-corrected chi connectivity index (χ0v) is 18.9. The fraction of sp³-hybridized carbons (Fsp3) is 0.238.